The van der Waals surface area contributed by atoms with Crippen LogP contribution in [0.1, 0.15) is 114 Å². The molecule has 60 heavy (non-hydrogen) atoms. The summed E-state index contributed by atoms with van der Waals surface area (Å²) in [5.74, 6) is 0.299. The van der Waals surface area contributed by atoms with Crippen LogP contribution in [0.2, 0.25) is 0 Å². The molecule has 0 aliphatic carbocycles. The zero-order chi connectivity index (χ0) is 41.2. The predicted molar refractivity (Wildman–Crippen MR) is 244 cm³/mol. The summed E-state index contributed by atoms with van der Waals surface area (Å²) in [6, 6.07) is 19.5. The number of ether oxygens (including phenoxy) is 3. The zero-order valence-electron chi connectivity index (χ0n) is 35.4. The van der Waals surface area contributed by atoms with Gasteiger partial charge in [-0.15, -0.1) is 0 Å². The molecule has 0 amide bonds. The number of halogens is 2. The first-order valence-corrected chi connectivity index (χ1v) is 24.7. The molecular formula is C49H64Br2N4O5. The minimum absolute atomic E-state index is 0.0360. The Balaban J connectivity index is 0.000000154. The predicted octanol–water partition coefficient (Wildman–Crippen LogP) is 9.26. The van der Waals surface area contributed by atoms with Gasteiger partial charge in [0.1, 0.15) is 18.0 Å². The number of hydrogen-bond donors (Lipinski definition) is 0. The van der Waals surface area contributed by atoms with E-state index in [4.69, 9.17) is 14.2 Å². The molecule has 0 radical (unpaired) electrons. The largest absolute Gasteiger partial charge is 0.496 e. The summed E-state index contributed by atoms with van der Waals surface area (Å²) < 4.78 is 19.0. The highest BCUT2D eigenvalue weighted by Crippen LogP contribution is 2.44. The number of fused-ring (bicyclic) bond motifs is 12. The van der Waals surface area contributed by atoms with Crippen molar-refractivity contribution in [3.05, 3.63) is 74.7 Å². The standard InChI is InChI=1S/C25H33BrN2O3.C24H31BrN2O2/c1-30-24-12-17(5-7-23(24)26)6-8-25(29)31-22-9-11-28-19-13-18-4-2-3-10-27(18)20(14-19)15-21(28)16-22;25-18-7-4-17(5-8-18)6-9-24(28)29-23-10-12-27-20-13-19-3-1-2-11-26(19)21(14-20)15-22(27)16-23/h5-8,12,18-22H,2-4,9-11,13-16H2,1H3;4-9,19-23H,1-3,10-16H2/b8-6-;9-6-/t18-,19+,20+,21-,22?;19-,20+,21+,22-,23?/m11/s1. The van der Waals surface area contributed by atoms with Crippen molar-refractivity contribution in [1.29, 1.82) is 0 Å². The van der Waals surface area contributed by atoms with Crippen LogP contribution < -0.4 is 4.74 Å². The van der Waals surface area contributed by atoms with E-state index in [9.17, 15) is 9.59 Å². The van der Waals surface area contributed by atoms with Gasteiger partial charge in [-0.3, -0.25) is 19.6 Å². The van der Waals surface area contributed by atoms with E-state index in [1.165, 1.54) is 90.1 Å². The number of benzene rings is 2. The van der Waals surface area contributed by atoms with Crippen LogP contribution in [0.4, 0.5) is 0 Å². The van der Waals surface area contributed by atoms with Crippen LogP contribution in [0.3, 0.4) is 0 Å². The molecule has 8 heterocycles. The summed E-state index contributed by atoms with van der Waals surface area (Å²) in [6.07, 6.45) is 27.0. The van der Waals surface area contributed by atoms with Crippen molar-refractivity contribution in [1.82, 2.24) is 19.6 Å². The molecule has 2 unspecified atom stereocenters. The summed E-state index contributed by atoms with van der Waals surface area (Å²) in [5, 5.41) is 0. The van der Waals surface area contributed by atoms with Crippen LogP contribution in [-0.4, -0.2) is 125 Å². The summed E-state index contributed by atoms with van der Waals surface area (Å²) >= 11 is 6.89. The molecule has 8 aliphatic rings. The summed E-state index contributed by atoms with van der Waals surface area (Å²) in [7, 11) is 1.64. The van der Waals surface area contributed by atoms with Gasteiger partial charge in [-0.25, -0.2) is 9.59 Å². The lowest BCUT2D eigenvalue weighted by Crippen LogP contribution is -2.65. The number of methoxy groups -OCH3 is 1. The van der Waals surface area contributed by atoms with Gasteiger partial charge in [0.05, 0.1) is 11.6 Å². The first kappa shape index (κ1) is 42.7. The van der Waals surface area contributed by atoms with E-state index in [1.54, 1.807) is 25.3 Å². The second-order valence-electron chi connectivity index (χ2n) is 18.9. The van der Waals surface area contributed by atoms with Crippen molar-refractivity contribution in [2.24, 2.45) is 0 Å². The average Bonchev–Trinajstić information content (AvgIpc) is 3.26. The highest BCUT2D eigenvalue weighted by atomic mass is 79.9. The van der Waals surface area contributed by atoms with Crippen LogP contribution in [0.15, 0.2) is 63.6 Å². The number of nitrogens with zero attached hydrogens (tertiary/aromatic N) is 4. The van der Waals surface area contributed by atoms with Gasteiger partial charge in [-0.2, -0.15) is 0 Å². The lowest BCUT2D eigenvalue weighted by atomic mass is 9.76. The van der Waals surface area contributed by atoms with Gasteiger partial charge in [-0.1, -0.05) is 47.0 Å². The third kappa shape index (κ3) is 9.97. The van der Waals surface area contributed by atoms with Crippen LogP contribution in [0.25, 0.3) is 12.2 Å². The van der Waals surface area contributed by atoms with Crippen LogP contribution >= 0.6 is 31.9 Å². The molecule has 10 atom stereocenters. The number of hydrogen-bond acceptors (Lipinski definition) is 9. The number of rotatable bonds is 7. The molecule has 2 aromatic rings. The van der Waals surface area contributed by atoms with E-state index in [0.717, 1.165) is 101 Å². The van der Waals surface area contributed by atoms with Gasteiger partial charge in [0.15, 0.2) is 0 Å². The van der Waals surface area contributed by atoms with Crippen molar-refractivity contribution in [3.63, 3.8) is 0 Å². The summed E-state index contributed by atoms with van der Waals surface area (Å²) in [5.41, 5.74) is 1.93. The normalized spacial score (nSPS) is 34.3. The minimum atomic E-state index is -0.243. The molecule has 8 saturated heterocycles. The third-order valence-corrected chi connectivity index (χ3v) is 16.5. The molecule has 8 aliphatic heterocycles. The Kier molecular flexibility index (Phi) is 13.9. The molecule has 0 aromatic heterocycles. The zero-order valence-corrected chi connectivity index (χ0v) is 38.5. The highest BCUT2D eigenvalue weighted by Gasteiger charge is 2.49. The average molecular weight is 949 g/mol. The fourth-order valence-electron chi connectivity index (χ4n) is 12.7. The third-order valence-electron chi connectivity index (χ3n) is 15.3. The van der Waals surface area contributed by atoms with Crippen LogP contribution in [-0.2, 0) is 19.1 Å². The quantitative estimate of drug-likeness (QED) is 0.200. The molecule has 324 valence electrons. The second kappa shape index (κ2) is 19.5. The molecule has 0 N–H and O–H groups in total. The van der Waals surface area contributed by atoms with Crippen molar-refractivity contribution in [3.8, 4) is 5.75 Å². The maximum absolute atomic E-state index is 12.5. The van der Waals surface area contributed by atoms with E-state index < -0.39 is 0 Å². The lowest BCUT2D eigenvalue weighted by Gasteiger charge is -2.58. The van der Waals surface area contributed by atoms with Gasteiger partial charge >= 0.3 is 11.9 Å². The maximum Gasteiger partial charge on any atom is 0.331 e. The fourth-order valence-corrected chi connectivity index (χ4v) is 13.3. The molecule has 9 nitrogen and oxygen atoms in total. The Morgan fingerprint density at radius 1 is 0.533 bits per heavy atom. The number of carbonyl (C=O) groups excluding carboxylic acids is 2. The Hall–Kier alpha value is -2.54. The van der Waals surface area contributed by atoms with Crippen LogP contribution in [0.5, 0.6) is 5.75 Å². The molecule has 8 fully saturated rings. The first-order valence-electron chi connectivity index (χ1n) is 23.2. The van der Waals surface area contributed by atoms with Crippen LogP contribution in [0, 0.1) is 0 Å². The Morgan fingerprint density at radius 2 is 0.967 bits per heavy atom. The first-order chi connectivity index (χ1) is 29.3. The molecule has 10 rings (SSSR count). The van der Waals surface area contributed by atoms with E-state index in [2.05, 4.69) is 51.5 Å². The van der Waals surface area contributed by atoms with Crippen molar-refractivity contribution >= 4 is 56.0 Å². The molecule has 0 spiro atoms. The van der Waals surface area contributed by atoms with E-state index >= 15 is 0 Å². The Morgan fingerprint density at radius 3 is 1.47 bits per heavy atom. The highest BCUT2D eigenvalue weighted by molar-refractivity contribution is 9.10. The molecule has 0 saturated carbocycles. The Labute approximate surface area is 374 Å². The molecular weight excluding hydrogens is 884 g/mol. The summed E-state index contributed by atoms with van der Waals surface area (Å²) in [6.45, 7) is 4.75. The van der Waals surface area contributed by atoms with Gasteiger partial charge in [0.25, 0.3) is 0 Å². The molecule has 11 heteroatoms. The SMILES string of the molecule is COc1cc(/C=C\C(=O)OC2CCN3[C@@H]4C[C@@H](C[C@@H]3C2)N2CCCC[C@@H]2C4)ccc1Br.O=C(/C=C\c1ccc(Br)cc1)OC1CCN2[C@@H]3C[C@@H](C[C@@H]2C1)N1CCCC[C@@H]1C3. The lowest BCUT2D eigenvalue weighted by molar-refractivity contribution is -0.151. The Bertz CT molecular complexity index is 1880. The molecule has 2 aromatic carbocycles. The van der Waals surface area contributed by atoms with Crippen molar-refractivity contribution in [2.45, 2.75) is 163 Å². The van der Waals surface area contributed by atoms with Crippen molar-refractivity contribution < 1.29 is 23.8 Å². The van der Waals surface area contributed by atoms with Crippen molar-refractivity contribution in [2.75, 3.05) is 33.3 Å². The smallest absolute Gasteiger partial charge is 0.331 e. The monoisotopic (exact) mass is 946 g/mol. The van der Waals surface area contributed by atoms with E-state index in [-0.39, 0.29) is 24.1 Å². The fraction of sp³-hybridized carbons (Fsp3) is 0.633. The van der Waals surface area contributed by atoms with E-state index in [1.807, 2.05) is 48.5 Å². The van der Waals surface area contributed by atoms with Gasteiger partial charge in [0, 0.05) is 90.9 Å². The number of esters is 2. The maximum atomic E-state index is 12.5. The van der Waals surface area contributed by atoms with Gasteiger partial charge < -0.3 is 14.2 Å². The number of carbonyl (C=O) groups is 2. The number of piperidine rings is 8. The second-order valence-corrected chi connectivity index (χ2v) is 20.6. The topological polar surface area (TPSA) is 74.8 Å². The summed E-state index contributed by atoms with van der Waals surface area (Å²) in [4.78, 5) is 36.0. The van der Waals surface area contributed by atoms with Gasteiger partial charge in [0.2, 0.25) is 0 Å². The van der Waals surface area contributed by atoms with Gasteiger partial charge in [-0.05, 0) is 154 Å². The van der Waals surface area contributed by atoms with E-state index in [0.29, 0.717) is 12.1 Å². The minimum Gasteiger partial charge on any atom is -0.496 e. The molecule has 4 bridgehead atoms.